The maximum absolute atomic E-state index is 8.63. The van der Waals surface area contributed by atoms with E-state index in [1.165, 1.54) is 0 Å². The number of halogens is 2. The summed E-state index contributed by atoms with van der Waals surface area (Å²) in [5.41, 5.74) is 1.03. The number of methoxy groups -OCH3 is 1. The molecule has 0 bridgehead atoms. The average molecular weight is 427 g/mol. The van der Waals surface area contributed by atoms with Crippen LogP contribution < -0.4 is 4.74 Å². The van der Waals surface area contributed by atoms with Gasteiger partial charge in [-0.3, -0.25) is 0 Å². The molecule has 0 N–H and O–H groups in total. The Bertz CT molecular complexity index is 310. The summed E-state index contributed by atoms with van der Waals surface area (Å²) in [5.74, 6) is 0.778. The third-order valence-electron chi connectivity index (χ3n) is 1.81. The molecule has 0 amide bonds. The van der Waals surface area contributed by atoms with Crippen molar-refractivity contribution in [3.05, 3.63) is 29.8 Å². The van der Waals surface area contributed by atoms with Crippen molar-refractivity contribution in [1.29, 1.82) is 5.26 Å². The van der Waals surface area contributed by atoms with E-state index in [2.05, 4.69) is 6.07 Å². The Morgan fingerprint density at radius 3 is 2.13 bits per heavy atom. The zero-order valence-electron chi connectivity index (χ0n) is 8.31. The standard InChI is InChI=1S/C10H11NO.2ClH.Pt/c1-8(7-11)9-3-5-10(12-2)6-4-9;;;/h3-6,8H,1-2H3;2*1H;/q;;;+2/p-2. The molecule has 0 saturated carbocycles. The van der Waals surface area contributed by atoms with E-state index in [-0.39, 0.29) is 5.92 Å². The molecule has 2 nitrogen and oxygen atoms in total. The number of ether oxygens (including phenoxy) is 1. The fraction of sp³-hybridized carbons (Fsp3) is 0.300. The summed E-state index contributed by atoms with van der Waals surface area (Å²) in [7, 11) is 11.4. The summed E-state index contributed by atoms with van der Waals surface area (Å²) in [6, 6.07) is 9.73. The number of nitrogens with zero attached hydrogens (tertiary/aromatic N) is 1. The van der Waals surface area contributed by atoms with E-state index in [1.807, 2.05) is 31.2 Å². The van der Waals surface area contributed by atoms with Gasteiger partial charge < -0.3 is 4.74 Å². The molecule has 0 aromatic heterocycles. The van der Waals surface area contributed by atoms with Crippen LogP contribution in [0.25, 0.3) is 0 Å². The van der Waals surface area contributed by atoms with Crippen LogP contribution in [-0.4, -0.2) is 7.11 Å². The van der Waals surface area contributed by atoms with E-state index >= 15 is 0 Å². The first kappa shape index (κ1) is 14.8. The van der Waals surface area contributed by atoms with Crippen molar-refractivity contribution >= 4 is 18.8 Å². The van der Waals surface area contributed by atoms with Crippen LogP contribution in [0.5, 0.6) is 5.75 Å². The van der Waals surface area contributed by atoms with Gasteiger partial charge in [-0.05, 0) is 24.6 Å². The Morgan fingerprint density at radius 1 is 1.33 bits per heavy atom. The molecule has 1 aromatic carbocycles. The molecule has 1 unspecified atom stereocenters. The van der Waals surface area contributed by atoms with Crippen molar-refractivity contribution in [3.63, 3.8) is 0 Å². The van der Waals surface area contributed by atoms with Crippen LogP contribution in [-0.2, 0) is 16.5 Å². The predicted molar refractivity (Wildman–Crippen MR) is 58.7 cm³/mol. The Morgan fingerprint density at radius 2 is 1.80 bits per heavy atom. The van der Waals surface area contributed by atoms with Crippen LogP contribution in [0.2, 0.25) is 0 Å². The molecule has 0 aliphatic heterocycles. The normalized spacial score (nSPS) is 10.9. The Balaban J connectivity index is 0.000000583. The van der Waals surface area contributed by atoms with Crippen LogP contribution in [0.15, 0.2) is 24.3 Å². The monoisotopic (exact) mass is 426 g/mol. The number of benzene rings is 1. The molecule has 5 heteroatoms. The van der Waals surface area contributed by atoms with Gasteiger partial charge in [0.05, 0.1) is 19.1 Å². The Kier molecular flexibility index (Phi) is 8.90. The first-order chi connectivity index (χ1) is 7.19. The SMILES string of the molecule is COc1ccc(C(C)C#N)cc1.[Cl][Pt][Cl]. The molecule has 0 aliphatic rings. The fourth-order valence-corrected chi connectivity index (χ4v) is 0.967. The van der Waals surface area contributed by atoms with Gasteiger partial charge >= 0.3 is 35.3 Å². The van der Waals surface area contributed by atoms with Crippen LogP contribution in [0, 0.1) is 11.3 Å². The van der Waals surface area contributed by atoms with Gasteiger partial charge in [-0.25, -0.2) is 0 Å². The molecule has 0 aliphatic carbocycles. The average Bonchev–Trinajstić information content (AvgIpc) is 2.29. The van der Waals surface area contributed by atoms with Gasteiger partial charge in [-0.2, -0.15) is 5.26 Å². The van der Waals surface area contributed by atoms with Crippen LogP contribution >= 0.6 is 18.8 Å². The molecule has 1 aromatic rings. The first-order valence-corrected chi connectivity index (χ1v) is 9.68. The molecule has 0 saturated heterocycles. The van der Waals surface area contributed by atoms with Gasteiger partial charge in [0.1, 0.15) is 5.75 Å². The number of hydrogen-bond acceptors (Lipinski definition) is 2. The molecule has 0 fully saturated rings. The van der Waals surface area contributed by atoms with E-state index < -0.39 is 16.5 Å². The molecule has 0 radical (unpaired) electrons. The van der Waals surface area contributed by atoms with Gasteiger partial charge in [0.2, 0.25) is 0 Å². The van der Waals surface area contributed by atoms with Crippen molar-refractivity contribution in [2.75, 3.05) is 7.11 Å². The molecule has 0 spiro atoms. The third kappa shape index (κ3) is 6.05. The summed E-state index contributed by atoms with van der Waals surface area (Å²) in [5, 5.41) is 8.63. The fourth-order valence-electron chi connectivity index (χ4n) is 0.967. The molecule has 86 valence electrons. The second-order valence-corrected chi connectivity index (χ2v) is 5.95. The van der Waals surface area contributed by atoms with Gasteiger partial charge in [0.15, 0.2) is 0 Å². The quantitative estimate of drug-likeness (QED) is 0.722. The second-order valence-electron chi connectivity index (χ2n) is 2.67. The first-order valence-electron chi connectivity index (χ1n) is 4.05. The summed E-state index contributed by atoms with van der Waals surface area (Å²) < 4.78 is 5.00. The van der Waals surface area contributed by atoms with Gasteiger partial charge in [-0.15, -0.1) is 0 Å². The van der Waals surface area contributed by atoms with Crippen molar-refractivity contribution < 1.29 is 21.2 Å². The zero-order chi connectivity index (χ0) is 11.7. The van der Waals surface area contributed by atoms with Crippen LogP contribution in [0.4, 0.5) is 0 Å². The molecule has 1 atom stereocenters. The van der Waals surface area contributed by atoms with Gasteiger partial charge in [0.25, 0.3) is 0 Å². The minimum absolute atomic E-state index is 0.0455. The van der Waals surface area contributed by atoms with Crippen LogP contribution in [0.3, 0.4) is 0 Å². The topological polar surface area (TPSA) is 33.0 Å². The van der Waals surface area contributed by atoms with E-state index in [0.717, 1.165) is 11.3 Å². The van der Waals surface area contributed by atoms with Crippen molar-refractivity contribution in [2.24, 2.45) is 0 Å². The summed E-state index contributed by atoms with van der Waals surface area (Å²) in [6.07, 6.45) is 0. The second kappa shape index (κ2) is 9.04. The van der Waals surface area contributed by atoms with Crippen LogP contribution in [0.1, 0.15) is 18.4 Å². The van der Waals surface area contributed by atoms with E-state index in [9.17, 15) is 0 Å². The number of rotatable bonds is 2. The van der Waals surface area contributed by atoms with Crippen molar-refractivity contribution in [2.45, 2.75) is 12.8 Å². The van der Waals surface area contributed by atoms with E-state index in [4.69, 9.17) is 28.8 Å². The summed E-state index contributed by atoms with van der Waals surface area (Å²) >= 11 is -0.472. The van der Waals surface area contributed by atoms with Gasteiger partial charge in [0, 0.05) is 0 Å². The van der Waals surface area contributed by atoms with Crippen molar-refractivity contribution in [1.82, 2.24) is 0 Å². The van der Waals surface area contributed by atoms with E-state index in [0.29, 0.717) is 0 Å². The molecular weight excluding hydrogens is 416 g/mol. The molecular formula is C10H11Cl2NOPt. The summed E-state index contributed by atoms with van der Waals surface area (Å²) in [6.45, 7) is 1.88. The predicted octanol–water partition coefficient (Wildman–Crippen LogP) is 3.70. The Labute approximate surface area is 107 Å². The molecule has 0 heterocycles. The molecule has 15 heavy (non-hydrogen) atoms. The zero-order valence-corrected chi connectivity index (χ0v) is 12.1. The Hall–Kier alpha value is -0.222. The number of nitriles is 1. The third-order valence-corrected chi connectivity index (χ3v) is 1.81. The maximum atomic E-state index is 8.63. The number of hydrogen-bond donors (Lipinski definition) is 0. The van der Waals surface area contributed by atoms with Crippen molar-refractivity contribution in [3.8, 4) is 11.8 Å². The van der Waals surface area contributed by atoms with Gasteiger partial charge in [-0.1, -0.05) is 12.1 Å². The summed E-state index contributed by atoms with van der Waals surface area (Å²) in [4.78, 5) is 0. The minimum atomic E-state index is -0.472. The van der Waals surface area contributed by atoms with E-state index in [1.54, 1.807) is 7.11 Å². The molecule has 1 rings (SSSR count).